The van der Waals surface area contributed by atoms with E-state index in [9.17, 15) is 9.59 Å². The number of carbonyl (C=O) groups excluding carboxylic acids is 1. The number of carbonyl (C=O) groups is 2. The molecule has 0 fully saturated rings. The van der Waals surface area contributed by atoms with Crippen molar-refractivity contribution in [1.82, 2.24) is 4.90 Å². The highest BCUT2D eigenvalue weighted by Crippen LogP contribution is 2.43. The lowest BCUT2D eigenvalue weighted by Gasteiger charge is -2.35. The van der Waals surface area contributed by atoms with Crippen LogP contribution in [-0.2, 0) is 16.8 Å². The number of hydrogen-bond acceptors (Lipinski definition) is 7. The Hall–Kier alpha value is -3.34. The van der Waals surface area contributed by atoms with Crippen LogP contribution in [0.1, 0.15) is 74.5 Å². The topological polar surface area (TPSA) is 112 Å². The van der Waals surface area contributed by atoms with Crippen molar-refractivity contribution in [3.8, 4) is 17.2 Å². The molecule has 2 heterocycles. The molecule has 2 aromatic carbocycles. The van der Waals surface area contributed by atoms with Crippen molar-refractivity contribution in [2.45, 2.75) is 59.4 Å². The Bertz CT molecular complexity index is 1330. The Morgan fingerprint density at radius 3 is 2.46 bits per heavy atom. The average molecular weight is 637 g/mol. The third-order valence-corrected chi connectivity index (χ3v) is 7.07. The lowest BCUT2D eigenvalue weighted by Crippen LogP contribution is -2.35. The van der Waals surface area contributed by atoms with Gasteiger partial charge in [-0.05, 0) is 49.4 Å². The molecule has 0 aliphatic carbocycles. The van der Waals surface area contributed by atoms with Crippen molar-refractivity contribution >= 4 is 40.3 Å². The maximum atomic E-state index is 15.5. The Morgan fingerprint density at radius 2 is 1.83 bits per heavy atom. The van der Waals surface area contributed by atoms with Gasteiger partial charge in [0.1, 0.15) is 18.2 Å². The third kappa shape index (κ3) is 6.77. The van der Waals surface area contributed by atoms with Gasteiger partial charge >= 0.3 is 5.97 Å². The molecular weight excluding hydrogens is 597 g/mol. The molecule has 2 aromatic rings. The molecule has 0 bridgehead atoms. The van der Waals surface area contributed by atoms with Crippen LogP contribution in [0.4, 0.5) is 10.1 Å². The normalized spacial score (nSPS) is 14.1. The minimum absolute atomic E-state index is 0. The molecule has 0 aromatic heterocycles. The SMILES string of the molecule is Br.CCOc1cc2c(c(F)c1OCC)C(=N)N(CC(=O)c1cc3c(c(C(C)(C)C)c1)OCCN3CCCC(=O)O)C2. The smallest absolute Gasteiger partial charge is 0.303 e. The van der Waals surface area contributed by atoms with E-state index in [4.69, 9.17) is 24.7 Å². The molecule has 0 unspecified atom stereocenters. The number of ketones is 1. The highest BCUT2D eigenvalue weighted by Gasteiger charge is 2.34. The van der Waals surface area contributed by atoms with Gasteiger partial charge in [-0.15, -0.1) is 17.0 Å². The number of nitrogens with zero attached hydrogens (tertiary/aromatic N) is 2. The molecule has 41 heavy (non-hydrogen) atoms. The predicted octanol–water partition coefficient (Wildman–Crippen LogP) is 5.59. The summed E-state index contributed by atoms with van der Waals surface area (Å²) in [4.78, 5) is 28.4. The molecule has 2 N–H and O–H groups in total. The second-order valence-corrected chi connectivity index (χ2v) is 11.0. The first-order valence-electron chi connectivity index (χ1n) is 13.7. The number of Topliss-reactive ketones (excluding diaryl/α,β-unsaturated/α-hetero) is 1. The zero-order chi connectivity index (χ0) is 29.2. The molecule has 224 valence electrons. The van der Waals surface area contributed by atoms with Gasteiger partial charge in [0.2, 0.25) is 0 Å². The predicted molar refractivity (Wildman–Crippen MR) is 160 cm³/mol. The first-order valence-corrected chi connectivity index (χ1v) is 13.7. The van der Waals surface area contributed by atoms with Gasteiger partial charge in [-0.2, -0.15) is 0 Å². The summed E-state index contributed by atoms with van der Waals surface area (Å²) in [6.45, 7) is 12.0. The molecule has 0 saturated carbocycles. The van der Waals surface area contributed by atoms with E-state index in [1.54, 1.807) is 30.9 Å². The number of benzene rings is 2. The Kier molecular flexibility index (Phi) is 10.3. The van der Waals surface area contributed by atoms with Gasteiger partial charge in [-0.25, -0.2) is 4.39 Å². The number of halogens is 2. The summed E-state index contributed by atoms with van der Waals surface area (Å²) < 4.78 is 32.6. The van der Waals surface area contributed by atoms with Crippen molar-refractivity contribution in [2.24, 2.45) is 0 Å². The van der Waals surface area contributed by atoms with E-state index in [1.807, 2.05) is 26.8 Å². The van der Waals surface area contributed by atoms with E-state index in [2.05, 4.69) is 4.90 Å². The highest BCUT2D eigenvalue weighted by molar-refractivity contribution is 8.93. The summed E-state index contributed by atoms with van der Waals surface area (Å²) in [6.07, 6.45) is 0.529. The number of anilines is 1. The fourth-order valence-corrected chi connectivity index (χ4v) is 5.17. The molecule has 2 aliphatic rings. The maximum Gasteiger partial charge on any atom is 0.303 e. The maximum absolute atomic E-state index is 15.5. The van der Waals surface area contributed by atoms with Crippen LogP contribution in [0.15, 0.2) is 18.2 Å². The summed E-state index contributed by atoms with van der Waals surface area (Å²) in [5, 5.41) is 17.8. The fourth-order valence-electron chi connectivity index (χ4n) is 5.17. The molecular formula is C30H39BrFN3O6. The summed E-state index contributed by atoms with van der Waals surface area (Å²) >= 11 is 0. The van der Waals surface area contributed by atoms with Gasteiger partial charge in [0.15, 0.2) is 23.1 Å². The zero-order valence-electron chi connectivity index (χ0n) is 24.3. The average Bonchev–Trinajstić information content (AvgIpc) is 3.19. The second kappa shape index (κ2) is 13.1. The number of carboxylic acids is 1. The number of ether oxygens (including phenoxy) is 3. The largest absolute Gasteiger partial charge is 0.490 e. The zero-order valence-corrected chi connectivity index (χ0v) is 26.0. The number of fused-ring (bicyclic) bond motifs is 2. The summed E-state index contributed by atoms with van der Waals surface area (Å²) in [6, 6.07) is 5.32. The van der Waals surface area contributed by atoms with Gasteiger partial charge in [0, 0.05) is 30.6 Å². The van der Waals surface area contributed by atoms with Gasteiger partial charge in [0.05, 0.1) is 37.6 Å². The van der Waals surface area contributed by atoms with E-state index < -0.39 is 11.8 Å². The van der Waals surface area contributed by atoms with Crippen LogP contribution in [0.25, 0.3) is 0 Å². The van der Waals surface area contributed by atoms with E-state index in [1.165, 1.54) is 0 Å². The van der Waals surface area contributed by atoms with Gasteiger partial charge in [-0.1, -0.05) is 20.8 Å². The van der Waals surface area contributed by atoms with Crippen LogP contribution < -0.4 is 19.1 Å². The van der Waals surface area contributed by atoms with E-state index in [0.717, 1.165) is 11.3 Å². The van der Waals surface area contributed by atoms with Crippen molar-refractivity contribution in [3.63, 3.8) is 0 Å². The first-order chi connectivity index (χ1) is 19.0. The minimum Gasteiger partial charge on any atom is -0.490 e. The summed E-state index contributed by atoms with van der Waals surface area (Å²) in [5.74, 6) is -0.806. The molecule has 11 heteroatoms. The molecule has 0 saturated heterocycles. The molecule has 0 atom stereocenters. The monoisotopic (exact) mass is 635 g/mol. The minimum atomic E-state index is -0.847. The highest BCUT2D eigenvalue weighted by atomic mass is 79.9. The van der Waals surface area contributed by atoms with Crippen LogP contribution in [0.2, 0.25) is 0 Å². The quantitative estimate of drug-likeness (QED) is 0.308. The van der Waals surface area contributed by atoms with Crippen LogP contribution >= 0.6 is 17.0 Å². The molecule has 4 rings (SSSR count). The standard InChI is InChI=1S/C30H38FN3O6.BrH/c1-6-38-23-15-19-16-34(29(32)25(19)26(31)28(23)39-7-2)17-22(35)18-13-20(30(3,4)5)27-21(14-18)33(11-12-40-27)10-8-9-24(36)37;/h13-15,32H,6-12,16-17H2,1-5H3,(H,36,37);1H. The summed E-state index contributed by atoms with van der Waals surface area (Å²) in [7, 11) is 0. The molecule has 0 amide bonds. The lowest BCUT2D eigenvalue weighted by atomic mass is 9.84. The number of aliphatic carboxylic acids is 1. The number of carboxylic acid groups (broad SMARTS) is 1. The number of nitrogens with one attached hydrogen (secondary N) is 1. The van der Waals surface area contributed by atoms with Crippen molar-refractivity contribution in [1.29, 1.82) is 5.41 Å². The van der Waals surface area contributed by atoms with E-state index in [-0.39, 0.29) is 77.2 Å². The van der Waals surface area contributed by atoms with Gasteiger partial charge in [0.25, 0.3) is 0 Å². The first kappa shape index (κ1) is 32.2. The number of hydrogen-bond donors (Lipinski definition) is 2. The van der Waals surface area contributed by atoms with Crippen LogP contribution in [0, 0.1) is 11.2 Å². The molecule has 9 nitrogen and oxygen atoms in total. The van der Waals surface area contributed by atoms with Crippen molar-refractivity contribution in [3.05, 3.63) is 46.3 Å². The molecule has 2 aliphatic heterocycles. The molecule has 0 spiro atoms. The van der Waals surface area contributed by atoms with Crippen LogP contribution in [-0.4, -0.2) is 67.0 Å². The van der Waals surface area contributed by atoms with E-state index in [0.29, 0.717) is 49.6 Å². The van der Waals surface area contributed by atoms with Gasteiger partial charge in [-0.3, -0.25) is 15.0 Å². The van der Waals surface area contributed by atoms with E-state index >= 15 is 4.39 Å². The second-order valence-electron chi connectivity index (χ2n) is 11.0. The Labute approximate surface area is 250 Å². The third-order valence-electron chi connectivity index (χ3n) is 7.07. The number of rotatable bonds is 11. The lowest BCUT2D eigenvalue weighted by molar-refractivity contribution is -0.137. The van der Waals surface area contributed by atoms with Gasteiger partial charge < -0.3 is 29.1 Å². The fraction of sp³-hybridized carbons (Fsp3) is 0.500. The van der Waals surface area contributed by atoms with Crippen molar-refractivity contribution in [2.75, 3.05) is 44.4 Å². The Morgan fingerprint density at radius 1 is 1.12 bits per heavy atom. The van der Waals surface area contributed by atoms with Crippen LogP contribution in [0.3, 0.4) is 0 Å². The number of amidine groups is 1. The molecule has 0 radical (unpaired) electrons. The Balaban J connectivity index is 0.00000462. The van der Waals surface area contributed by atoms with Crippen LogP contribution in [0.5, 0.6) is 17.2 Å². The summed E-state index contributed by atoms with van der Waals surface area (Å²) in [5.41, 5.74) is 2.48. The van der Waals surface area contributed by atoms with Crippen molar-refractivity contribution < 1.29 is 33.3 Å².